The Bertz CT molecular complexity index is 57.7. The molecule has 0 rings (SSSR count). The minimum atomic E-state index is -2.17. The number of halogens is 1. The lowest BCUT2D eigenvalue weighted by molar-refractivity contribution is 0.591. The molecule has 0 fully saturated rings. The molecular formula is C2H8ClO2P. The lowest BCUT2D eigenvalue weighted by Crippen LogP contribution is -1.50. The molecule has 0 spiro atoms. The quantitative estimate of drug-likeness (QED) is 0.450. The summed E-state index contributed by atoms with van der Waals surface area (Å²) in [6.07, 6.45) is 0. The minimum absolute atomic E-state index is 0. The summed E-state index contributed by atoms with van der Waals surface area (Å²) in [5.41, 5.74) is 0. The minimum Gasteiger partial charge on any atom is -0.412 e. The third-order valence-corrected chi connectivity index (χ3v) is 0. The highest BCUT2D eigenvalue weighted by Crippen LogP contribution is 2.41. The van der Waals surface area contributed by atoms with Gasteiger partial charge in [0.05, 0.1) is 0 Å². The zero-order valence-corrected chi connectivity index (χ0v) is 5.38. The standard InChI is InChI=1S/C2H6ClOP.H2O/c1-5(2,3)4;/h1-2H3;1H2. The topological polar surface area (TPSA) is 48.6 Å². The van der Waals surface area contributed by atoms with E-state index in [0.29, 0.717) is 0 Å². The first kappa shape index (κ1) is 9.70. The molecule has 0 aromatic carbocycles. The van der Waals surface area contributed by atoms with Crippen molar-refractivity contribution in [1.82, 2.24) is 0 Å². The molecule has 2 N–H and O–H groups in total. The summed E-state index contributed by atoms with van der Waals surface area (Å²) in [5, 5.41) is 0. The third-order valence-electron chi connectivity index (χ3n) is 0. The molecule has 0 aromatic heterocycles. The summed E-state index contributed by atoms with van der Waals surface area (Å²) in [7, 11) is 0. The van der Waals surface area contributed by atoms with Gasteiger partial charge in [-0.1, -0.05) is 11.2 Å². The Morgan fingerprint density at radius 2 is 1.50 bits per heavy atom. The maximum atomic E-state index is 9.98. The van der Waals surface area contributed by atoms with Crippen molar-refractivity contribution in [2.45, 2.75) is 0 Å². The van der Waals surface area contributed by atoms with Gasteiger partial charge in [-0.05, 0) is 0 Å². The molecule has 0 aliphatic heterocycles. The molecule has 0 heterocycles. The molecule has 40 valence electrons. The summed E-state index contributed by atoms with van der Waals surface area (Å²) in [5.74, 6) is 0. The second kappa shape index (κ2) is 2.62. The van der Waals surface area contributed by atoms with Gasteiger partial charge in [0.1, 0.15) is 0 Å². The molecule has 0 bridgehead atoms. The lowest BCUT2D eigenvalue weighted by Gasteiger charge is -1.82. The fourth-order valence-corrected chi connectivity index (χ4v) is 0. The van der Waals surface area contributed by atoms with Crippen LogP contribution in [-0.4, -0.2) is 18.8 Å². The Kier molecular flexibility index (Phi) is 4.23. The Hall–Kier alpha value is 0.480. The van der Waals surface area contributed by atoms with Crippen LogP contribution in [0.2, 0.25) is 0 Å². The summed E-state index contributed by atoms with van der Waals surface area (Å²) >= 11 is 5.09. The molecule has 0 unspecified atom stereocenters. The predicted molar refractivity (Wildman–Crippen MR) is 28.9 cm³/mol. The summed E-state index contributed by atoms with van der Waals surface area (Å²) in [6.45, 7) is 0.850. The lowest BCUT2D eigenvalue weighted by atomic mass is 11.9. The van der Waals surface area contributed by atoms with Gasteiger partial charge >= 0.3 is 0 Å². The van der Waals surface area contributed by atoms with Crippen LogP contribution in [0, 0.1) is 0 Å². The zero-order chi connectivity index (χ0) is 4.50. The van der Waals surface area contributed by atoms with E-state index in [0.717, 1.165) is 0 Å². The van der Waals surface area contributed by atoms with Crippen molar-refractivity contribution in [3.63, 3.8) is 0 Å². The van der Waals surface area contributed by atoms with Gasteiger partial charge in [-0.25, -0.2) is 0 Å². The summed E-state index contributed by atoms with van der Waals surface area (Å²) in [4.78, 5) is 0. The van der Waals surface area contributed by atoms with Crippen molar-refractivity contribution >= 4 is 17.7 Å². The van der Waals surface area contributed by atoms with Gasteiger partial charge in [0.15, 0.2) is 6.49 Å². The zero-order valence-electron chi connectivity index (χ0n) is 3.73. The monoisotopic (exact) mass is 130 g/mol. The molecule has 0 aliphatic carbocycles. The van der Waals surface area contributed by atoms with Crippen molar-refractivity contribution in [1.29, 1.82) is 0 Å². The van der Waals surface area contributed by atoms with Crippen molar-refractivity contribution in [2.75, 3.05) is 13.3 Å². The fraction of sp³-hybridized carbons (Fsp3) is 1.00. The average molecular weight is 131 g/mol. The molecule has 4 heteroatoms. The van der Waals surface area contributed by atoms with Gasteiger partial charge in [0, 0.05) is 13.3 Å². The normalized spacial score (nSPS) is 9.83. The number of hydrogen-bond acceptors (Lipinski definition) is 1. The van der Waals surface area contributed by atoms with Crippen molar-refractivity contribution in [2.24, 2.45) is 0 Å². The first-order chi connectivity index (χ1) is 2.00. The van der Waals surface area contributed by atoms with Crippen LogP contribution >= 0.6 is 17.7 Å². The Morgan fingerprint density at radius 3 is 1.50 bits per heavy atom. The van der Waals surface area contributed by atoms with Crippen molar-refractivity contribution < 1.29 is 10.0 Å². The highest BCUT2D eigenvalue weighted by molar-refractivity contribution is 7.88. The van der Waals surface area contributed by atoms with Crippen LogP contribution in [0.25, 0.3) is 0 Å². The summed E-state index contributed by atoms with van der Waals surface area (Å²) in [6, 6.07) is 0. The molecule has 6 heavy (non-hydrogen) atoms. The van der Waals surface area contributed by atoms with E-state index < -0.39 is 6.49 Å². The molecule has 0 atom stereocenters. The fourth-order valence-electron chi connectivity index (χ4n) is 0. The first-order valence-electron chi connectivity index (χ1n) is 1.25. The van der Waals surface area contributed by atoms with Crippen LogP contribution in [0.15, 0.2) is 0 Å². The van der Waals surface area contributed by atoms with Gasteiger partial charge in [-0.15, -0.1) is 0 Å². The Balaban J connectivity index is 0. The summed E-state index contributed by atoms with van der Waals surface area (Å²) < 4.78 is 9.98. The Labute approximate surface area is 42.0 Å². The molecule has 2 nitrogen and oxygen atoms in total. The molecule has 0 saturated carbocycles. The SMILES string of the molecule is CP(C)(=O)Cl.O. The second-order valence-electron chi connectivity index (χ2n) is 1.22. The van der Waals surface area contributed by atoms with Crippen LogP contribution in [0.4, 0.5) is 0 Å². The van der Waals surface area contributed by atoms with E-state index in [9.17, 15) is 4.57 Å². The molecule has 0 aromatic rings. The molecule has 0 amide bonds. The van der Waals surface area contributed by atoms with Gasteiger partial charge in [-0.2, -0.15) is 0 Å². The van der Waals surface area contributed by atoms with E-state index in [2.05, 4.69) is 0 Å². The van der Waals surface area contributed by atoms with Crippen LogP contribution in [0.3, 0.4) is 0 Å². The molecular weight excluding hydrogens is 122 g/mol. The Morgan fingerprint density at radius 1 is 1.50 bits per heavy atom. The maximum absolute atomic E-state index is 9.98. The third kappa shape index (κ3) is 235. The van der Waals surface area contributed by atoms with E-state index in [1.807, 2.05) is 0 Å². The van der Waals surface area contributed by atoms with E-state index in [1.54, 1.807) is 0 Å². The highest BCUT2D eigenvalue weighted by atomic mass is 35.7. The molecule has 0 aliphatic rings. The van der Waals surface area contributed by atoms with E-state index in [-0.39, 0.29) is 5.48 Å². The van der Waals surface area contributed by atoms with E-state index in [4.69, 9.17) is 11.2 Å². The van der Waals surface area contributed by atoms with E-state index in [1.165, 1.54) is 13.3 Å². The first-order valence-corrected chi connectivity index (χ1v) is 4.75. The van der Waals surface area contributed by atoms with Crippen molar-refractivity contribution in [3.8, 4) is 0 Å². The maximum Gasteiger partial charge on any atom is 0.163 e. The van der Waals surface area contributed by atoms with E-state index >= 15 is 0 Å². The molecule has 0 saturated heterocycles. The highest BCUT2D eigenvalue weighted by Gasteiger charge is 1.93. The average Bonchev–Trinajstić information content (AvgIpc) is 0.722. The predicted octanol–water partition coefficient (Wildman–Crippen LogP) is 0.938. The van der Waals surface area contributed by atoms with Gasteiger partial charge < -0.3 is 10.0 Å². The van der Waals surface area contributed by atoms with Crippen molar-refractivity contribution in [3.05, 3.63) is 0 Å². The van der Waals surface area contributed by atoms with Crippen LogP contribution in [0.5, 0.6) is 0 Å². The van der Waals surface area contributed by atoms with Gasteiger partial charge in [0.2, 0.25) is 0 Å². The van der Waals surface area contributed by atoms with Crippen LogP contribution < -0.4 is 0 Å². The van der Waals surface area contributed by atoms with Crippen LogP contribution in [0.1, 0.15) is 0 Å². The van der Waals surface area contributed by atoms with Gasteiger partial charge in [0.25, 0.3) is 0 Å². The van der Waals surface area contributed by atoms with Gasteiger partial charge in [-0.3, -0.25) is 0 Å². The molecule has 0 radical (unpaired) electrons. The largest absolute Gasteiger partial charge is 0.412 e. The van der Waals surface area contributed by atoms with Crippen LogP contribution in [-0.2, 0) is 4.57 Å². The number of rotatable bonds is 0. The number of hydrogen-bond donors (Lipinski definition) is 0. The smallest absolute Gasteiger partial charge is 0.163 e. The second-order valence-corrected chi connectivity index (χ2v) is 6.10.